The van der Waals surface area contributed by atoms with Gasteiger partial charge in [-0.25, -0.2) is 4.79 Å². The van der Waals surface area contributed by atoms with E-state index in [2.05, 4.69) is 4.74 Å². The van der Waals surface area contributed by atoms with E-state index in [0.29, 0.717) is 23.0 Å². The molecule has 0 aliphatic carbocycles. The zero-order valence-corrected chi connectivity index (χ0v) is 14.9. The van der Waals surface area contributed by atoms with Gasteiger partial charge in [0.15, 0.2) is 0 Å². The molecule has 6 nitrogen and oxygen atoms in total. The highest BCUT2D eigenvalue weighted by Crippen LogP contribution is 2.31. The number of hydrogen-bond acceptors (Lipinski definition) is 5. The molecule has 6 heteroatoms. The van der Waals surface area contributed by atoms with Crippen molar-refractivity contribution in [2.24, 2.45) is 0 Å². The Morgan fingerprint density at radius 2 is 1.88 bits per heavy atom. The quantitative estimate of drug-likeness (QED) is 0.626. The molecule has 0 fully saturated rings. The minimum Gasteiger partial charge on any atom is -0.493 e. The number of aryl methyl sites for hydroxylation is 2. The number of carbonyl (C=O) groups excluding carboxylic acids is 1. The molecule has 2 aromatic carbocycles. The number of ether oxygens (including phenoxy) is 3. The van der Waals surface area contributed by atoms with E-state index in [4.69, 9.17) is 9.47 Å². The fourth-order valence-electron chi connectivity index (χ4n) is 2.48. The Balaban J connectivity index is 2.34. The van der Waals surface area contributed by atoms with E-state index in [1.54, 1.807) is 18.2 Å². The number of benzene rings is 2. The molecule has 0 spiro atoms. The van der Waals surface area contributed by atoms with Crippen molar-refractivity contribution < 1.29 is 24.2 Å². The molecular formula is C19H23NO5. The molecular weight excluding hydrogens is 322 g/mol. The van der Waals surface area contributed by atoms with Crippen molar-refractivity contribution >= 4 is 11.8 Å². The van der Waals surface area contributed by atoms with Crippen molar-refractivity contribution in [2.45, 2.75) is 27.4 Å². The maximum atomic E-state index is 11.7. The summed E-state index contributed by atoms with van der Waals surface area (Å²) in [5.74, 6) is 1.26. The van der Waals surface area contributed by atoms with E-state index in [-0.39, 0.29) is 12.3 Å². The third-order valence-corrected chi connectivity index (χ3v) is 3.69. The van der Waals surface area contributed by atoms with Crippen LogP contribution < -0.4 is 14.5 Å². The highest BCUT2D eigenvalue weighted by molar-refractivity contribution is 5.86. The Labute approximate surface area is 147 Å². The first-order valence-corrected chi connectivity index (χ1v) is 7.99. The maximum absolute atomic E-state index is 11.7. The monoisotopic (exact) mass is 345 g/mol. The normalized spacial score (nSPS) is 10.3. The molecule has 0 aliphatic heterocycles. The summed E-state index contributed by atoms with van der Waals surface area (Å²) in [4.78, 5) is 11.7. The summed E-state index contributed by atoms with van der Waals surface area (Å²) in [5.41, 5.74) is 2.96. The minimum atomic E-state index is -0.888. The van der Waals surface area contributed by atoms with Crippen molar-refractivity contribution in [2.75, 3.05) is 18.8 Å². The smallest absolute Gasteiger partial charge is 0.438 e. The molecule has 0 saturated carbocycles. The van der Waals surface area contributed by atoms with E-state index < -0.39 is 6.09 Å². The molecule has 0 radical (unpaired) electrons. The van der Waals surface area contributed by atoms with Gasteiger partial charge in [0.1, 0.15) is 18.1 Å². The lowest BCUT2D eigenvalue weighted by Gasteiger charge is -2.20. The molecule has 2 rings (SSSR count). The third kappa shape index (κ3) is 4.42. The van der Waals surface area contributed by atoms with E-state index in [9.17, 15) is 10.0 Å². The van der Waals surface area contributed by atoms with Crippen LogP contribution in [-0.4, -0.2) is 25.0 Å². The van der Waals surface area contributed by atoms with Crippen LogP contribution in [0.5, 0.6) is 11.5 Å². The first-order valence-electron chi connectivity index (χ1n) is 7.99. The Hall–Kier alpha value is -2.73. The fraction of sp³-hybridized carbons (Fsp3) is 0.316. The van der Waals surface area contributed by atoms with E-state index in [1.807, 2.05) is 39.0 Å². The highest BCUT2D eigenvalue weighted by Gasteiger charge is 2.21. The van der Waals surface area contributed by atoms with Crippen molar-refractivity contribution in [3.63, 3.8) is 0 Å². The number of nitrogens with zero attached hydrogens (tertiary/aromatic N) is 1. The summed E-state index contributed by atoms with van der Waals surface area (Å²) in [7, 11) is 1.20. The lowest BCUT2D eigenvalue weighted by molar-refractivity contribution is 0.140. The van der Waals surface area contributed by atoms with E-state index in [1.165, 1.54) is 7.11 Å². The number of carbonyl (C=O) groups is 1. The average molecular weight is 345 g/mol. The number of hydroxylamine groups is 1. The molecule has 0 aromatic heterocycles. The molecule has 1 N–H and O–H groups in total. The predicted octanol–water partition coefficient (Wildman–Crippen LogP) is 4.24. The summed E-state index contributed by atoms with van der Waals surface area (Å²) in [6.07, 6.45) is -0.888. The van der Waals surface area contributed by atoms with Crippen LogP contribution in [0.4, 0.5) is 10.5 Å². The van der Waals surface area contributed by atoms with Gasteiger partial charge in [0.2, 0.25) is 0 Å². The second kappa shape index (κ2) is 8.39. The zero-order valence-electron chi connectivity index (χ0n) is 14.9. The zero-order chi connectivity index (χ0) is 18.4. The van der Waals surface area contributed by atoms with Gasteiger partial charge >= 0.3 is 6.09 Å². The summed E-state index contributed by atoms with van der Waals surface area (Å²) < 4.78 is 16.1. The summed E-state index contributed by atoms with van der Waals surface area (Å²) >= 11 is 0. The maximum Gasteiger partial charge on any atom is 0.438 e. The van der Waals surface area contributed by atoms with Gasteiger partial charge in [-0.1, -0.05) is 23.8 Å². The number of methoxy groups -OCH3 is 1. The summed E-state index contributed by atoms with van der Waals surface area (Å²) in [6.45, 7) is 6.41. The lowest BCUT2D eigenvalue weighted by atomic mass is 10.1. The topological polar surface area (TPSA) is 68.2 Å². The van der Waals surface area contributed by atoms with Crippen molar-refractivity contribution in [1.29, 1.82) is 0 Å². The molecule has 0 heterocycles. The number of rotatable bonds is 6. The van der Waals surface area contributed by atoms with Crippen LogP contribution in [-0.2, 0) is 11.3 Å². The molecule has 0 saturated heterocycles. The van der Waals surface area contributed by atoms with Gasteiger partial charge in [-0.05, 0) is 44.5 Å². The molecule has 0 unspecified atom stereocenters. The van der Waals surface area contributed by atoms with Gasteiger partial charge in [0.05, 0.1) is 25.0 Å². The largest absolute Gasteiger partial charge is 0.493 e. The number of amides is 1. The highest BCUT2D eigenvalue weighted by atomic mass is 16.6. The Bertz CT molecular complexity index is 745. The van der Waals surface area contributed by atoms with Crippen LogP contribution in [0.3, 0.4) is 0 Å². The predicted molar refractivity (Wildman–Crippen MR) is 94.5 cm³/mol. The van der Waals surface area contributed by atoms with Crippen LogP contribution in [0.1, 0.15) is 23.6 Å². The van der Waals surface area contributed by atoms with E-state index >= 15 is 0 Å². The second-order valence-corrected chi connectivity index (χ2v) is 5.53. The standard InChI is InChI=1S/C19H23NO5/c1-5-24-18-8-6-7-16(20(22)19(21)23-4)15(18)12-25-17-10-9-13(2)11-14(17)3/h6-11,22H,5,12H2,1-4H3. The first kappa shape index (κ1) is 18.6. The molecule has 0 atom stereocenters. The Morgan fingerprint density at radius 1 is 1.12 bits per heavy atom. The summed E-state index contributed by atoms with van der Waals surface area (Å²) in [5, 5.41) is 10.5. The van der Waals surface area contributed by atoms with Gasteiger partial charge in [-0.15, -0.1) is 0 Å². The van der Waals surface area contributed by atoms with Crippen LogP contribution in [0.25, 0.3) is 0 Å². The van der Waals surface area contributed by atoms with Gasteiger partial charge in [-0.3, -0.25) is 5.21 Å². The van der Waals surface area contributed by atoms with E-state index in [0.717, 1.165) is 16.9 Å². The lowest BCUT2D eigenvalue weighted by Crippen LogP contribution is -2.28. The van der Waals surface area contributed by atoms with Crippen LogP contribution in [0.15, 0.2) is 36.4 Å². The molecule has 2 aromatic rings. The number of anilines is 1. The van der Waals surface area contributed by atoms with Crippen LogP contribution >= 0.6 is 0 Å². The minimum absolute atomic E-state index is 0.128. The number of hydrogen-bond donors (Lipinski definition) is 1. The fourth-order valence-corrected chi connectivity index (χ4v) is 2.48. The third-order valence-electron chi connectivity index (χ3n) is 3.69. The van der Waals surface area contributed by atoms with Crippen molar-refractivity contribution in [3.8, 4) is 11.5 Å². The molecule has 0 bridgehead atoms. The first-order chi connectivity index (χ1) is 12.0. The molecule has 25 heavy (non-hydrogen) atoms. The Morgan fingerprint density at radius 3 is 2.52 bits per heavy atom. The second-order valence-electron chi connectivity index (χ2n) is 5.53. The van der Waals surface area contributed by atoms with Crippen LogP contribution in [0, 0.1) is 13.8 Å². The van der Waals surface area contributed by atoms with Gasteiger partial charge in [-0.2, -0.15) is 5.06 Å². The van der Waals surface area contributed by atoms with Gasteiger partial charge in [0.25, 0.3) is 0 Å². The SMILES string of the molecule is CCOc1cccc(N(O)C(=O)OC)c1COc1ccc(C)cc1C. The van der Waals surface area contributed by atoms with Crippen LogP contribution in [0.2, 0.25) is 0 Å². The molecule has 0 aliphatic rings. The average Bonchev–Trinajstić information content (AvgIpc) is 2.60. The molecule has 1 amide bonds. The molecule has 134 valence electrons. The van der Waals surface area contributed by atoms with Gasteiger partial charge in [0, 0.05) is 0 Å². The van der Waals surface area contributed by atoms with Crippen molar-refractivity contribution in [1.82, 2.24) is 0 Å². The summed E-state index contributed by atoms with van der Waals surface area (Å²) in [6, 6.07) is 10.9. The van der Waals surface area contributed by atoms with Gasteiger partial charge < -0.3 is 14.2 Å². The van der Waals surface area contributed by atoms with Crippen molar-refractivity contribution in [3.05, 3.63) is 53.1 Å². The Kier molecular flexibility index (Phi) is 6.25.